The predicted octanol–water partition coefficient (Wildman–Crippen LogP) is 3.24. The number of pyridine rings is 1. The van der Waals surface area contributed by atoms with Gasteiger partial charge in [0.15, 0.2) is 0 Å². The number of aliphatic hydroxyl groups excluding tert-OH is 1. The van der Waals surface area contributed by atoms with Crippen LogP contribution in [0.3, 0.4) is 0 Å². The van der Waals surface area contributed by atoms with E-state index in [1.54, 1.807) is 7.11 Å². The van der Waals surface area contributed by atoms with Gasteiger partial charge in [-0.2, -0.15) is 5.10 Å². The summed E-state index contributed by atoms with van der Waals surface area (Å²) in [6, 6.07) is 8.04. The molecule has 6 rings (SSSR count). The number of benzene rings is 1. The van der Waals surface area contributed by atoms with Crippen molar-refractivity contribution in [2.24, 2.45) is 0 Å². The van der Waals surface area contributed by atoms with Gasteiger partial charge in [-0.1, -0.05) is 6.07 Å². The molecule has 0 aliphatic carbocycles. The molecule has 1 fully saturated rings. The topological polar surface area (TPSA) is 105 Å². The second kappa shape index (κ2) is 9.55. The number of fused-ring (bicyclic) bond motifs is 2. The van der Waals surface area contributed by atoms with Crippen LogP contribution in [0.1, 0.15) is 47.3 Å². The maximum absolute atomic E-state index is 12.8. The minimum atomic E-state index is -0.0725. The van der Waals surface area contributed by atoms with Crippen LogP contribution < -0.4 is 15.5 Å². The summed E-state index contributed by atoms with van der Waals surface area (Å²) in [6.45, 7) is 2.29. The maximum atomic E-state index is 12.8. The Labute approximate surface area is 210 Å². The normalized spacial score (nSPS) is 21.2. The lowest BCUT2D eigenvalue weighted by molar-refractivity contribution is 0.0744. The number of nitrogens with one attached hydrogen (secondary N) is 2. The van der Waals surface area contributed by atoms with Crippen LogP contribution in [-0.4, -0.2) is 58.2 Å². The molecular formula is C27H32N6O3. The van der Waals surface area contributed by atoms with Crippen molar-refractivity contribution in [1.29, 1.82) is 0 Å². The first kappa shape index (κ1) is 23.0. The first-order chi connectivity index (χ1) is 17.7. The molecule has 188 valence electrons. The summed E-state index contributed by atoms with van der Waals surface area (Å²) >= 11 is 0. The summed E-state index contributed by atoms with van der Waals surface area (Å²) in [6.07, 6.45) is 9.07. The smallest absolute Gasteiger partial charge is 0.254 e. The van der Waals surface area contributed by atoms with Gasteiger partial charge in [0, 0.05) is 38.0 Å². The number of hydrogen-bond acceptors (Lipinski definition) is 7. The molecule has 1 saturated heterocycles. The lowest BCUT2D eigenvalue weighted by Crippen LogP contribution is -2.48. The highest BCUT2D eigenvalue weighted by atomic mass is 16.5. The van der Waals surface area contributed by atoms with Crippen molar-refractivity contribution >= 4 is 23.1 Å². The van der Waals surface area contributed by atoms with Crippen LogP contribution in [0.25, 0.3) is 11.1 Å². The molecule has 0 bridgehead atoms. The van der Waals surface area contributed by atoms with Crippen molar-refractivity contribution in [3.63, 3.8) is 0 Å². The van der Waals surface area contributed by atoms with E-state index in [4.69, 9.17) is 4.74 Å². The van der Waals surface area contributed by atoms with E-state index in [1.165, 1.54) is 12.1 Å². The Kier molecular flexibility index (Phi) is 6.10. The van der Waals surface area contributed by atoms with Gasteiger partial charge in [0.2, 0.25) is 0 Å². The zero-order chi connectivity index (χ0) is 24.6. The van der Waals surface area contributed by atoms with Crippen LogP contribution in [0.15, 0.2) is 36.7 Å². The number of carbonyl (C=O) groups excluding carboxylic acids is 1. The number of carbonyl (C=O) groups is 1. The summed E-state index contributed by atoms with van der Waals surface area (Å²) in [5.41, 5.74) is 6.84. The molecule has 0 spiro atoms. The quantitative estimate of drug-likeness (QED) is 0.489. The van der Waals surface area contributed by atoms with E-state index in [0.717, 1.165) is 66.8 Å². The van der Waals surface area contributed by atoms with E-state index in [0.29, 0.717) is 17.9 Å². The molecule has 3 aromatic rings. The molecule has 2 aromatic heterocycles. The monoisotopic (exact) mass is 488 g/mol. The van der Waals surface area contributed by atoms with Gasteiger partial charge in [0.1, 0.15) is 5.82 Å². The molecule has 2 atom stereocenters. The average Bonchev–Trinajstić information content (AvgIpc) is 3.53. The molecule has 36 heavy (non-hydrogen) atoms. The minimum Gasteiger partial charge on any atom is -0.394 e. The largest absolute Gasteiger partial charge is 0.394 e. The standard InChI is InChI=1S/C27H32N6O3/c1-36-19-7-5-18(16-34)32(15-19)17-6-10-25(28-12-17)31-23-9-8-20(22-13-29-27(35)26(22)23)21-14-30-33-11-3-2-4-24(21)33/h6,8-10,12,14,18-19,34H,2-5,7,11,13,15-16H2,1H3,(H,28,31)(H,29,35)/t18-,19-/m1/s1. The van der Waals surface area contributed by atoms with Crippen molar-refractivity contribution in [1.82, 2.24) is 20.1 Å². The van der Waals surface area contributed by atoms with E-state index >= 15 is 0 Å². The number of aryl methyl sites for hydroxylation is 1. The van der Waals surface area contributed by atoms with Crippen molar-refractivity contribution in [3.8, 4) is 11.1 Å². The first-order valence-corrected chi connectivity index (χ1v) is 12.8. The van der Waals surface area contributed by atoms with Crippen molar-refractivity contribution in [2.75, 3.05) is 30.5 Å². The fourth-order valence-corrected chi connectivity index (χ4v) is 5.81. The lowest BCUT2D eigenvalue weighted by Gasteiger charge is -2.39. The summed E-state index contributed by atoms with van der Waals surface area (Å²) in [7, 11) is 1.73. The Morgan fingerprint density at radius 2 is 2.08 bits per heavy atom. The molecule has 3 N–H and O–H groups in total. The molecule has 9 heteroatoms. The molecule has 9 nitrogen and oxygen atoms in total. The fourth-order valence-electron chi connectivity index (χ4n) is 5.81. The van der Waals surface area contributed by atoms with Crippen molar-refractivity contribution < 1.29 is 14.6 Å². The summed E-state index contributed by atoms with van der Waals surface area (Å²) < 4.78 is 7.66. The highest BCUT2D eigenvalue weighted by molar-refractivity contribution is 6.06. The van der Waals surface area contributed by atoms with E-state index in [-0.39, 0.29) is 24.7 Å². The van der Waals surface area contributed by atoms with Crippen LogP contribution in [0.5, 0.6) is 0 Å². The third-order valence-electron chi connectivity index (χ3n) is 7.79. The predicted molar refractivity (Wildman–Crippen MR) is 138 cm³/mol. The Balaban J connectivity index is 1.27. The zero-order valence-electron chi connectivity index (χ0n) is 20.5. The van der Waals surface area contributed by atoms with Crippen molar-refractivity contribution in [3.05, 3.63) is 53.5 Å². The highest BCUT2D eigenvalue weighted by Gasteiger charge is 2.30. The number of amides is 1. The van der Waals surface area contributed by atoms with Gasteiger partial charge in [0.05, 0.1) is 48.1 Å². The zero-order valence-corrected chi connectivity index (χ0v) is 20.5. The van der Waals surface area contributed by atoms with Crippen molar-refractivity contribution in [2.45, 2.75) is 57.3 Å². The van der Waals surface area contributed by atoms with Crippen LogP contribution >= 0.6 is 0 Å². The summed E-state index contributed by atoms with van der Waals surface area (Å²) in [4.78, 5) is 19.6. The molecule has 3 aliphatic heterocycles. The van der Waals surface area contributed by atoms with Gasteiger partial charge in [-0.3, -0.25) is 9.48 Å². The van der Waals surface area contributed by atoms with E-state index < -0.39 is 0 Å². The van der Waals surface area contributed by atoms with Gasteiger partial charge < -0.3 is 25.4 Å². The van der Waals surface area contributed by atoms with Gasteiger partial charge >= 0.3 is 0 Å². The minimum absolute atomic E-state index is 0.0612. The van der Waals surface area contributed by atoms with Crippen LogP contribution in [0, 0.1) is 0 Å². The fraction of sp³-hybridized carbons (Fsp3) is 0.444. The third kappa shape index (κ3) is 4.02. The van der Waals surface area contributed by atoms with Crippen LogP contribution in [0.2, 0.25) is 0 Å². The molecule has 1 amide bonds. The van der Waals surface area contributed by atoms with E-state index in [2.05, 4.69) is 36.4 Å². The molecule has 0 unspecified atom stereocenters. The number of aromatic nitrogens is 3. The summed E-state index contributed by atoms with van der Waals surface area (Å²) in [5, 5.41) is 20.8. The SMILES string of the molecule is CO[C@@H]1CC[C@H](CO)N(c2ccc(Nc3ccc(-c4cnn5c4CCCC5)c4c3C(=O)NC4)nc2)C1. The lowest BCUT2D eigenvalue weighted by atomic mass is 9.94. The second-order valence-electron chi connectivity index (χ2n) is 9.83. The molecular weight excluding hydrogens is 456 g/mol. The van der Waals surface area contributed by atoms with Crippen LogP contribution in [0.4, 0.5) is 17.2 Å². The van der Waals surface area contributed by atoms with E-state index in [1.807, 2.05) is 30.6 Å². The van der Waals surface area contributed by atoms with Gasteiger partial charge in [0.25, 0.3) is 5.91 Å². The highest BCUT2D eigenvalue weighted by Crippen LogP contribution is 2.37. The van der Waals surface area contributed by atoms with Gasteiger partial charge in [-0.05, 0) is 61.4 Å². The first-order valence-electron chi connectivity index (χ1n) is 12.8. The molecule has 0 saturated carbocycles. The Hall–Kier alpha value is -3.43. The van der Waals surface area contributed by atoms with Crippen LogP contribution in [-0.2, 0) is 24.2 Å². The average molecular weight is 489 g/mol. The number of anilines is 3. The van der Waals surface area contributed by atoms with E-state index in [9.17, 15) is 9.90 Å². The third-order valence-corrected chi connectivity index (χ3v) is 7.79. The van der Waals surface area contributed by atoms with Gasteiger partial charge in [-0.25, -0.2) is 4.98 Å². The Morgan fingerprint density at radius 3 is 2.89 bits per heavy atom. The number of rotatable bonds is 6. The number of piperidine rings is 1. The Morgan fingerprint density at radius 1 is 1.17 bits per heavy atom. The number of methoxy groups -OCH3 is 1. The molecule has 1 aromatic carbocycles. The molecule has 3 aliphatic rings. The maximum Gasteiger partial charge on any atom is 0.254 e. The summed E-state index contributed by atoms with van der Waals surface area (Å²) in [5.74, 6) is 0.592. The molecule has 0 radical (unpaired) electrons. The number of hydrogen-bond donors (Lipinski definition) is 3. The van der Waals surface area contributed by atoms with Gasteiger partial charge in [-0.15, -0.1) is 0 Å². The Bertz CT molecular complexity index is 1270. The second-order valence-corrected chi connectivity index (χ2v) is 9.83. The molecule has 5 heterocycles. The number of nitrogens with zero attached hydrogens (tertiary/aromatic N) is 4. The number of ether oxygens (including phenoxy) is 1. The number of aliphatic hydroxyl groups is 1.